The van der Waals surface area contributed by atoms with Crippen molar-refractivity contribution in [2.24, 2.45) is 4.99 Å². The van der Waals surface area contributed by atoms with Gasteiger partial charge in [0.1, 0.15) is 11.5 Å². The average molecular weight is 492 g/mol. The zero-order valence-corrected chi connectivity index (χ0v) is 19.9. The molecular formula is C22H25N3O6S2. The first-order valence-electron chi connectivity index (χ1n) is 10.5. The molecule has 1 aromatic heterocycles. The van der Waals surface area contributed by atoms with Crippen LogP contribution >= 0.6 is 11.3 Å². The number of benzene rings is 1. The van der Waals surface area contributed by atoms with Crippen molar-refractivity contribution < 1.29 is 27.5 Å². The van der Waals surface area contributed by atoms with Crippen molar-refractivity contribution in [2.75, 3.05) is 31.2 Å². The van der Waals surface area contributed by atoms with E-state index in [4.69, 9.17) is 11.2 Å². The standard InChI is InChI=1S/C22H25N3O6S2/c1-3-10-25-17-9-8-16(21(28)31-4-2)13-18(17)32-22(25)23-19(26)14-33(29,30)15-20(27)24-11-6-5-7-12-24/h1,8-9,13H,4-7,10-12,14-15H2,2H3. The number of aromatic nitrogens is 1. The maximum atomic E-state index is 12.5. The van der Waals surface area contributed by atoms with Gasteiger partial charge in [0.15, 0.2) is 14.6 Å². The highest BCUT2D eigenvalue weighted by Crippen LogP contribution is 2.20. The number of hydrogen-bond donors (Lipinski definition) is 0. The third-order valence-corrected chi connectivity index (χ3v) is 7.47. The number of nitrogens with zero attached hydrogens (tertiary/aromatic N) is 3. The third-order valence-electron chi connectivity index (χ3n) is 5.06. The zero-order valence-electron chi connectivity index (χ0n) is 18.3. The highest BCUT2D eigenvalue weighted by molar-refractivity contribution is 7.92. The first kappa shape index (κ1) is 24.7. The number of rotatable bonds is 7. The van der Waals surface area contributed by atoms with Crippen LogP contribution in [0.25, 0.3) is 10.2 Å². The quantitative estimate of drug-likeness (QED) is 0.427. The monoisotopic (exact) mass is 491 g/mol. The van der Waals surface area contributed by atoms with E-state index < -0.39 is 39.1 Å². The van der Waals surface area contributed by atoms with Crippen LogP contribution in [0.3, 0.4) is 0 Å². The van der Waals surface area contributed by atoms with Gasteiger partial charge < -0.3 is 14.2 Å². The van der Waals surface area contributed by atoms with Gasteiger partial charge in [-0.15, -0.1) is 6.42 Å². The molecule has 0 radical (unpaired) electrons. The van der Waals surface area contributed by atoms with Crippen LogP contribution in [0.4, 0.5) is 0 Å². The van der Waals surface area contributed by atoms with E-state index in [-0.39, 0.29) is 18.0 Å². The van der Waals surface area contributed by atoms with Crippen LogP contribution in [-0.2, 0) is 30.7 Å². The largest absolute Gasteiger partial charge is 0.462 e. The number of carbonyl (C=O) groups is 3. The van der Waals surface area contributed by atoms with Crippen molar-refractivity contribution in [1.29, 1.82) is 0 Å². The molecule has 3 rings (SSSR count). The Bertz CT molecular complexity index is 1280. The summed E-state index contributed by atoms with van der Waals surface area (Å²) in [6.45, 7) is 3.12. The van der Waals surface area contributed by atoms with Gasteiger partial charge in [-0.05, 0) is 44.4 Å². The van der Waals surface area contributed by atoms with E-state index in [1.807, 2.05) is 0 Å². The molecule has 1 aliphatic heterocycles. The fourth-order valence-corrected chi connectivity index (χ4v) is 5.73. The molecule has 0 aliphatic carbocycles. The normalized spacial score (nSPS) is 14.8. The summed E-state index contributed by atoms with van der Waals surface area (Å²) < 4.78 is 32.1. The summed E-state index contributed by atoms with van der Waals surface area (Å²) in [6, 6.07) is 4.87. The lowest BCUT2D eigenvalue weighted by molar-refractivity contribution is -0.129. The van der Waals surface area contributed by atoms with E-state index in [1.54, 1.807) is 29.7 Å². The summed E-state index contributed by atoms with van der Waals surface area (Å²) in [7, 11) is -3.97. The van der Waals surface area contributed by atoms with Crippen molar-refractivity contribution in [3.63, 3.8) is 0 Å². The lowest BCUT2D eigenvalue weighted by Gasteiger charge is -2.26. The SMILES string of the molecule is C#CCn1c(=NC(=O)CS(=O)(=O)CC(=O)N2CCCCC2)sc2cc(C(=O)OCC)ccc21. The van der Waals surface area contributed by atoms with Gasteiger partial charge in [0.05, 0.1) is 28.9 Å². The van der Waals surface area contributed by atoms with Gasteiger partial charge in [-0.1, -0.05) is 17.3 Å². The van der Waals surface area contributed by atoms with Crippen LogP contribution in [0.15, 0.2) is 23.2 Å². The first-order valence-corrected chi connectivity index (χ1v) is 13.2. The van der Waals surface area contributed by atoms with Gasteiger partial charge in [-0.3, -0.25) is 9.59 Å². The number of amides is 2. The molecule has 0 saturated carbocycles. The molecule has 9 nitrogen and oxygen atoms in total. The molecule has 0 bridgehead atoms. The predicted molar refractivity (Wildman–Crippen MR) is 124 cm³/mol. The molecule has 0 spiro atoms. The van der Waals surface area contributed by atoms with Crippen molar-refractivity contribution >= 4 is 49.2 Å². The number of carbonyl (C=O) groups excluding carboxylic acids is 3. The van der Waals surface area contributed by atoms with Crippen LogP contribution in [0, 0.1) is 12.3 Å². The van der Waals surface area contributed by atoms with Gasteiger partial charge in [0.25, 0.3) is 5.91 Å². The second kappa shape index (κ2) is 10.8. The zero-order chi connectivity index (χ0) is 24.0. The minimum atomic E-state index is -3.97. The molecule has 1 saturated heterocycles. The number of esters is 1. The van der Waals surface area contributed by atoms with Crippen LogP contribution in [0.5, 0.6) is 0 Å². The van der Waals surface area contributed by atoms with Gasteiger partial charge in [-0.25, -0.2) is 13.2 Å². The van der Waals surface area contributed by atoms with Gasteiger partial charge in [0.2, 0.25) is 5.91 Å². The number of piperidine rings is 1. The number of sulfone groups is 1. The number of fused-ring (bicyclic) bond motifs is 1. The first-order chi connectivity index (χ1) is 15.7. The Morgan fingerprint density at radius 3 is 2.58 bits per heavy atom. The van der Waals surface area contributed by atoms with E-state index >= 15 is 0 Å². The molecule has 176 valence electrons. The summed E-state index contributed by atoms with van der Waals surface area (Å²) in [5.41, 5.74) is 0.996. The Balaban J connectivity index is 1.83. The van der Waals surface area contributed by atoms with Crippen LogP contribution in [-0.4, -0.2) is 66.9 Å². The molecule has 1 aromatic carbocycles. The van der Waals surface area contributed by atoms with Gasteiger partial charge >= 0.3 is 5.97 Å². The highest BCUT2D eigenvalue weighted by atomic mass is 32.2. The van der Waals surface area contributed by atoms with Gasteiger partial charge in [-0.2, -0.15) is 4.99 Å². The van der Waals surface area contributed by atoms with Crippen LogP contribution in [0.2, 0.25) is 0 Å². The lowest BCUT2D eigenvalue weighted by Crippen LogP contribution is -2.40. The van der Waals surface area contributed by atoms with E-state index in [1.165, 1.54) is 4.90 Å². The number of hydrogen-bond acceptors (Lipinski definition) is 7. The smallest absolute Gasteiger partial charge is 0.338 e. The molecule has 1 aliphatic rings. The van der Waals surface area contributed by atoms with E-state index in [0.29, 0.717) is 28.9 Å². The maximum absolute atomic E-state index is 12.5. The van der Waals surface area contributed by atoms with E-state index in [2.05, 4.69) is 10.9 Å². The summed E-state index contributed by atoms with van der Waals surface area (Å²) in [5.74, 6) is -0.951. The molecule has 2 heterocycles. The molecule has 2 amide bonds. The fourth-order valence-electron chi connectivity index (χ4n) is 3.54. The Hall–Kier alpha value is -2.97. The number of likely N-dealkylation sites (tertiary alicyclic amines) is 1. The lowest BCUT2D eigenvalue weighted by atomic mass is 10.1. The summed E-state index contributed by atoms with van der Waals surface area (Å²) in [4.78, 5) is 42.5. The summed E-state index contributed by atoms with van der Waals surface area (Å²) in [6.07, 6.45) is 8.16. The fraction of sp³-hybridized carbons (Fsp3) is 0.455. The Kier molecular flexibility index (Phi) is 8.05. The Labute approximate surface area is 196 Å². The van der Waals surface area contributed by atoms with Crippen molar-refractivity contribution in [3.8, 4) is 12.3 Å². The molecule has 1 fully saturated rings. The molecule has 0 atom stereocenters. The molecule has 0 unspecified atom stereocenters. The van der Waals surface area contributed by atoms with Gasteiger partial charge in [0, 0.05) is 13.1 Å². The van der Waals surface area contributed by atoms with Crippen molar-refractivity contribution in [3.05, 3.63) is 28.6 Å². The van der Waals surface area contributed by atoms with Crippen LogP contribution < -0.4 is 4.80 Å². The number of ether oxygens (including phenoxy) is 1. The van der Waals surface area contributed by atoms with Crippen LogP contribution in [0.1, 0.15) is 36.5 Å². The minimum absolute atomic E-state index is 0.102. The summed E-state index contributed by atoms with van der Waals surface area (Å²) >= 11 is 1.11. The van der Waals surface area contributed by atoms with E-state index in [0.717, 1.165) is 30.6 Å². The number of terminal acetylenes is 1. The second-order valence-electron chi connectivity index (χ2n) is 7.56. The highest BCUT2D eigenvalue weighted by Gasteiger charge is 2.25. The third kappa shape index (κ3) is 6.30. The topological polar surface area (TPSA) is 115 Å². The molecule has 2 aromatic rings. The predicted octanol–water partition coefficient (Wildman–Crippen LogP) is 1.37. The Morgan fingerprint density at radius 1 is 1.18 bits per heavy atom. The molecule has 11 heteroatoms. The maximum Gasteiger partial charge on any atom is 0.338 e. The average Bonchev–Trinajstić information content (AvgIpc) is 3.10. The van der Waals surface area contributed by atoms with Crippen molar-refractivity contribution in [2.45, 2.75) is 32.7 Å². The Morgan fingerprint density at radius 2 is 1.91 bits per heavy atom. The van der Waals surface area contributed by atoms with E-state index in [9.17, 15) is 22.8 Å². The second-order valence-corrected chi connectivity index (χ2v) is 10.6. The summed E-state index contributed by atoms with van der Waals surface area (Å²) in [5, 5.41) is 0. The molecular weight excluding hydrogens is 466 g/mol. The molecule has 33 heavy (non-hydrogen) atoms. The minimum Gasteiger partial charge on any atom is -0.462 e. The molecule has 0 N–H and O–H groups in total. The number of thiazole rings is 1. The van der Waals surface area contributed by atoms with Crippen molar-refractivity contribution in [1.82, 2.24) is 9.47 Å².